The largest absolute Gasteiger partial charge is 0.465 e. The van der Waals surface area contributed by atoms with Crippen molar-refractivity contribution < 1.29 is 13.7 Å². The summed E-state index contributed by atoms with van der Waals surface area (Å²) in [4.78, 5) is 12.2. The van der Waals surface area contributed by atoms with Crippen LogP contribution >= 0.6 is 0 Å². The Kier molecular flexibility index (Phi) is 8.50. The van der Waals surface area contributed by atoms with Crippen molar-refractivity contribution in [1.29, 1.82) is 0 Å². The number of carbonyl (C=O) groups is 1. The molecule has 10 nitrogen and oxygen atoms in total. The van der Waals surface area contributed by atoms with Gasteiger partial charge < -0.3 is 4.74 Å². The van der Waals surface area contributed by atoms with Crippen LogP contribution in [0.3, 0.4) is 0 Å². The molecule has 5 aromatic rings. The molecule has 1 atom stereocenters. The molecular formula is C29H29N7O3S. The van der Waals surface area contributed by atoms with Gasteiger partial charge >= 0.3 is 5.97 Å². The molecule has 2 heterocycles. The fourth-order valence-electron chi connectivity index (χ4n) is 4.51. The average Bonchev–Trinajstić information content (AvgIpc) is 3.67. The molecule has 0 aliphatic heterocycles. The number of methoxy groups -OCH3 is 1. The van der Waals surface area contributed by atoms with Gasteiger partial charge in [0.15, 0.2) is 0 Å². The van der Waals surface area contributed by atoms with Crippen LogP contribution in [0.1, 0.15) is 47.1 Å². The Labute approximate surface area is 234 Å². The fraction of sp³-hybridized carbons (Fsp3) is 0.241. The molecule has 2 aromatic heterocycles. The highest BCUT2D eigenvalue weighted by Crippen LogP contribution is 2.30. The smallest absolute Gasteiger partial charge is 0.338 e. The summed E-state index contributed by atoms with van der Waals surface area (Å²) in [5.74, 6) is 0.991. The third-order valence-electron chi connectivity index (χ3n) is 6.58. The molecule has 1 unspecified atom stereocenters. The zero-order valence-electron chi connectivity index (χ0n) is 22.3. The number of nitrogens with one attached hydrogen (secondary N) is 1. The van der Waals surface area contributed by atoms with Gasteiger partial charge in [0.1, 0.15) is 5.82 Å². The number of nitrogens with zero attached hydrogens (tertiary/aromatic N) is 6. The van der Waals surface area contributed by atoms with Crippen molar-refractivity contribution in [3.05, 3.63) is 95.3 Å². The number of ether oxygens (including phenoxy) is 1. The van der Waals surface area contributed by atoms with E-state index in [2.05, 4.69) is 37.7 Å². The minimum absolute atomic E-state index is 0.128. The summed E-state index contributed by atoms with van der Waals surface area (Å²) in [5.41, 5.74) is 4.95. The quantitative estimate of drug-likeness (QED) is 0.234. The topological polar surface area (TPSA) is 129 Å². The molecule has 0 saturated heterocycles. The molecule has 1 N–H and O–H groups in total. The Morgan fingerprint density at radius 3 is 2.42 bits per heavy atom. The predicted octanol–water partition coefficient (Wildman–Crippen LogP) is 4.61. The highest BCUT2D eigenvalue weighted by atomic mass is 32.2. The molecule has 11 heteroatoms. The standard InChI is InChI=1S/C29H29N7O3S/c1-3-4-13-26-30-33-29(40(38)19-22-9-5-6-11-24(22)28(37)39-2)36(26)18-20-14-16-21(17-15-20)23-10-7-8-12-25(23)27-31-34-35-32-27/h5-12,14-17H,3-4,13,18-19H2,1-2H3,(H,31,32,34,35). The molecule has 0 spiro atoms. The van der Waals surface area contributed by atoms with Crippen molar-refractivity contribution >= 4 is 16.8 Å². The molecule has 5 rings (SSSR count). The molecule has 0 amide bonds. The molecule has 3 aromatic carbocycles. The number of unbranched alkanes of at least 4 members (excludes halogenated alkanes) is 1. The number of tetrazole rings is 1. The van der Waals surface area contributed by atoms with E-state index in [-0.39, 0.29) is 5.75 Å². The predicted molar refractivity (Wildman–Crippen MR) is 151 cm³/mol. The highest BCUT2D eigenvalue weighted by molar-refractivity contribution is 7.84. The lowest BCUT2D eigenvalue weighted by Crippen LogP contribution is -2.13. The molecular weight excluding hydrogens is 526 g/mol. The lowest BCUT2D eigenvalue weighted by molar-refractivity contribution is 0.0600. The van der Waals surface area contributed by atoms with Gasteiger partial charge in [0, 0.05) is 12.0 Å². The lowest BCUT2D eigenvalue weighted by atomic mass is 9.98. The number of hydrogen-bond donors (Lipinski definition) is 1. The number of aromatic amines is 1. The van der Waals surface area contributed by atoms with E-state index in [0.29, 0.717) is 28.7 Å². The van der Waals surface area contributed by atoms with E-state index in [4.69, 9.17) is 4.74 Å². The third kappa shape index (κ3) is 5.89. The maximum Gasteiger partial charge on any atom is 0.338 e. The number of aryl methyl sites for hydroxylation is 1. The first-order valence-corrected chi connectivity index (χ1v) is 14.3. The molecule has 0 saturated carbocycles. The van der Waals surface area contributed by atoms with Gasteiger partial charge in [0.25, 0.3) is 0 Å². The van der Waals surface area contributed by atoms with Crippen molar-refractivity contribution in [3.63, 3.8) is 0 Å². The minimum Gasteiger partial charge on any atom is -0.465 e. The monoisotopic (exact) mass is 555 g/mol. The summed E-state index contributed by atoms with van der Waals surface area (Å²) in [6.45, 7) is 2.59. The lowest BCUT2D eigenvalue weighted by Gasteiger charge is -2.12. The number of H-pyrrole nitrogens is 1. The number of aromatic nitrogens is 7. The molecule has 0 fully saturated rings. The Morgan fingerprint density at radius 1 is 0.950 bits per heavy atom. The van der Waals surface area contributed by atoms with Crippen LogP contribution < -0.4 is 0 Å². The molecule has 0 bridgehead atoms. The van der Waals surface area contributed by atoms with Gasteiger partial charge in [-0.2, -0.15) is 5.21 Å². The summed E-state index contributed by atoms with van der Waals surface area (Å²) >= 11 is 0. The summed E-state index contributed by atoms with van der Waals surface area (Å²) < 4.78 is 20.4. The van der Waals surface area contributed by atoms with Gasteiger partial charge in [-0.1, -0.05) is 80.1 Å². The number of benzene rings is 3. The number of hydrogen-bond acceptors (Lipinski definition) is 8. The van der Waals surface area contributed by atoms with E-state index in [1.165, 1.54) is 7.11 Å². The van der Waals surface area contributed by atoms with Crippen LogP contribution in [0.5, 0.6) is 0 Å². The van der Waals surface area contributed by atoms with Gasteiger partial charge in [0.05, 0.1) is 35.8 Å². The van der Waals surface area contributed by atoms with Gasteiger partial charge in [-0.15, -0.1) is 20.4 Å². The van der Waals surface area contributed by atoms with Crippen molar-refractivity contribution in [2.75, 3.05) is 7.11 Å². The van der Waals surface area contributed by atoms with Gasteiger partial charge in [-0.25, -0.2) is 4.79 Å². The van der Waals surface area contributed by atoms with E-state index >= 15 is 0 Å². The molecule has 40 heavy (non-hydrogen) atoms. The maximum atomic E-state index is 13.6. The molecule has 0 aliphatic carbocycles. The summed E-state index contributed by atoms with van der Waals surface area (Å²) in [7, 11) is -0.194. The van der Waals surface area contributed by atoms with E-state index in [1.54, 1.807) is 18.2 Å². The van der Waals surface area contributed by atoms with Crippen molar-refractivity contribution in [1.82, 2.24) is 35.4 Å². The minimum atomic E-state index is -1.53. The summed E-state index contributed by atoms with van der Waals surface area (Å²) in [5, 5.41) is 23.6. The number of esters is 1. The second-order valence-electron chi connectivity index (χ2n) is 9.21. The molecule has 0 radical (unpaired) electrons. The molecule has 0 aliphatic rings. The zero-order chi connectivity index (χ0) is 27.9. The Hall–Kier alpha value is -4.51. The van der Waals surface area contributed by atoms with Crippen LogP contribution in [-0.2, 0) is 34.3 Å². The first-order chi connectivity index (χ1) is 19.6. The van der Waals surface area contributed by atoms with Crippen molar-refractivity contribution in [3.8, 4) is 22.5 Å². The zero-order valence-corrected chi connectivity index (χ0v) is 23.1. The van der Waals surface area contributed by atoms with Crippen LogP contribution in [0.4, 0.5) is 0 Å². The highest BCUT2D eigenvalue weighted by Gasteiger charge is 2.21. The van der Waals surface area contributed by atoms with E-state index in [0.717, 1.165) is 47.3 Å². The van der Waals surface area contributed by atoms with Gasteiger partial charge in [0.2, 0.25) is 11.0 Å². The summed E-state index contributed by atoms with van der Waals surface area (Å²) in [6, 6.07) is 23.1. The van der Waals surface area contributed by atoms with Crippen LogP contribution in [-0.4, -0.2) is 52.7 Å². The van der Waals surface area contributed by atoms with Crippen LogP contribution in [0.2, 0.25) is 0 Å². The first kappa shape index (κ1) is 27.1. The van der Waals surface area contributed by atoms with Crippen LogP contribution in [0, 0.1) is 0 Å². The second kappa shape index (κ2) is 12.6. The Balaban J connectivity index is 1.42. The SMILES string of the molecule is CCCCc1nnc(S(=O)Cc2ccccc2C(=O)OC)n1Cc1ccc(-c2ccccc2-c2nn[nH]n2)cc1. The van der Waals surface area contributed by atoms with E-state index in [1.807, 2.05) is 59.2 Å². The fourth-order valence-corrected chi connectivity index (χ4v) is 5.72. The van der Waals surface area contributed by atoms with E-state index in [9.17, 15) is 9.00 Å². The van der Waals surface area contributed by atoms with Crippen molar-refractivity contribution in [2.24, 2.45) is 0 Å². The third-order valence-corrected chi connectivity index (χ3v) is 7.86. The Morgan fingerprint density at radius 2 is 1.70 bits per heavy atom. The summed E-state index contributed by atoms with van der Waals surface area (Å²) in [6.07, 6.45) is 2.68. The Bertz CT molecular complexity index is 1620. The van der Waals surface area contributed by atoms with Gasteiger partial charge in [-0.3, -0.25) is 8.78 Å². The maximum absolute atomic E-state index is 13.6. The number of carbonyl (C=O) groups excluding carboxylic acids is 1. The average molecular weight is 556 g/mol. The van der Waals surface area contributed by atoms with Crippen LogP contribution in [0.25, 0.3) is 22.5 Å². The normalized spacial score (nSPS) is 11.8. The van der Waals surface area contributed by atoms with Crippen LogP contribution in [0.15, 0.2) is 78.0 Å². The van der Waals surface area contributed by atoms with E-state index < -0.39 is 16.8 Å². The first-order valence-electron chi connectivity index (χ1n) is 13.0. The molecule has 204 valence electrons. The number of rotatable bonds is 11. The second-order valence-corrected chi connectivity index (χ2v) is 10.5. The van der Waals surface area contributed by atoms with Crippen molar-refractivity contribution in [2.45, 2.75) is 43.6 Å². The van der Waals surface area contributed by atoms with Gasteiger partial charge in [-0.05, 0) is 40.0 Å².